The Bertz CT molecular complexity index is 564. The van der Waals surface area contributed by atoms with E-state index in [9.17, 15) is 9.59 Å². The van der Waals surface area contributed by atoms with Gasteiger partial charge in [-0.2, -0.15) is 0 Å². The fourth-order valence-corrected chi connectivity index (χ4v) is 3.25. The minimum Gasteiger partial charge on any atom is -0.379 e. The van der Waals surface area contributed by atoms with Crippen LogP contribution in [-0.2, 0) is 20.9 Å². The zero-order chi connectivity index (χ0) is 16.2. The van der Waals surface area contributed by atoms with Gasteiger partial charge in [-0.1, -0.05) is 29.8 Å². The molecule has 2 aliphatic rings. The summed E-state index contributed by atoms with van der Waals surface area (Å²) < 4.78 is 5.41. The minimum atomic E-state index is -0.356. The van der Waals surface area contributed by atoms with E-state index in [1.165, 1.54) is 5.56 Å². The molecule has 5 heteroatoms. The van der Waals surface area contributed by atoms with Crippen LogP contribution in [0.5, 0.6) is 0 Å². The first kappa shape index (κ1) is 16.0. The molecule has 0 radical (unpaired) electrons. The molecule has 1 N–H and O–H groups in total. The van der Waals surface area contributed by atoms with Crippen LogP contribution in [0.4, 0.5) is 0 Å². The van der Waals surface area contributed by atoms with E-state index >= 15 is 0 Å². The van der Waals surface area contributed by atoms with Crippen molar-refractivity contribution in [3.05, 3.63) is 35.4 Å². The monoisotopic (exact) mass is 316 g/mol. The lowest BCUT2D eigenvalue weighted by atomic mass is 10.1. The number of carbonyl (C=O) groups is 2. The Hall–Kier alpha value is -1.88. The molecule has 0 unspecified atom stereocenters. The highest BCUT2D eigenvalue weighted by molar-refractivity contribution is 5.91. The Morgan fingerprint density at radius 3 is 2.78 bits per heavy atom. The standard InChI is InChI=1S/C18H24N2O3/c1-13-4-6-14(7-5-13)11-20-16(8-9-17(20)21)18(22)19-15-3-2-10-23-12-15/h4-7,15-16H,2-3,8-12H2,1H3,(H,19,22)/t15-,16+/m1/s1. The number of rotatable bonds is 4. The second-order valence-corrected chi connectivity index (χ2v) is 6.48. The lowest BCUT2D eigenvalue weighted by Gasteiger charge is -2.28. The molecule has 1 aromatic rings. The molecule has 124 valence electrons. The van der Waals surface area contributed by atoms with Gasteiger partial charge in [0.2, 0.25) is 11.8 Å². The van der Waals surface area contributed by atoms with Gasteiger partial charge in [0.05, 0.1) is 12.6 Å². The van der Waals surface area contributed by atoms with Crippen molar-refractivity contribution in [1.82, 2.24) is 10.2 Å². The smallest absolute Gasteiger partial charge is 0.243 e. The third-order valence-corrected chi connectivity index (χ3v) is 4.61. The highest BCUT2D eigenvalue weighted by Gasteiger charge is 2.36. The molecule has 0 spiro atoms. The summed E-state index contributed by atoms with van der Waals surface area (Å²) in [5.41, 5.74) is 2.25. The highest BCUT2D eigenvalue weighted by atomic mass is 16.5. The van der Waals surface area contributed by atoms with E-state index in [2.05, 4.69) is 5.32 Å². The Labute approximate surface area is 137 Å². The van der Waals surface area contributed by atoms with Crippen LogP contribution in [0, 0.1) is 6.92 Å². The maximum absolute atomic E-state index is 12.6. The zero-order valence-electron chi connectivity index (χ0n) is 13.6. The van der Waals surface area contributed by atoms with Crippen LogP contribution < -0.4 is 5.32 Å². The Kier molecular flexibility index (Phi) is 4.96. The van der Waals surface area contributed by atoms with Gasteiger partial charge in [-0.3, -0.25) is 9.59 Å². The van der Waals surface area contributed by atoms with Gasteiger partial charge in [-0.25, -0.2) is 0 Å². The Balaban J connectivity index is 1.64. The minimum absolute atomic E-state index is 0.0431. The number of benzene rings is 1. The first-order valence-electron chi connectivity index (χ1n) is 8.36. The topological polar surface area (TPSA) is 58.6 Å². The summed E-state index contributed by atoms with van der Waals surface area (Å²) in [4.78, 5) is 26.4. The molecule has 1 aromatic carbocycles. The quantitative estimate of drug-likeness (QED) is 0.921. The molecule has 0 aliphatic carbocycles. The highest BCUT2D eigenvalue weighted by Crippen LogP contribution is 2.22. The average molecular weight is 316 g/mol. The maximum atomic E-state index is 12.6. The number of hydrogen-bond donors (Lipinski definition) is 1. The van der Waals surface area contributed by atoms with E-state index in [0.29, 0.717) is 26.0 Å². The number of carbonyl (C=O) groups excluding carboxylic acids is 2. The molecule has 2 amide bonds. The molecule has 2 saturated heterocycles. The summed E-state index contributed by atoms with van der Waals surface area (Å²) in [6.07, 6.45) is 2.97. The Morgan fingerprint density at radius 1 is 1.30 bits per heavy atom. The van der Waals surface area contributed by atoms with Crippen LogP contribution in [-0.4, -0.2) is 42.0 Å². The molecule has 0 bridgehead atoms. The number of likely N-dealkylation sites (tertiary alicyclic amines) is 1. The average Bonchev–Trinajstić information content (AvgIpc) is 2.92. The van der Waals surface area contributed by atoms with Gasteiger partial charge in [0, 0.05) is 19.6 Å². The number of nitrogens with zero attached hydrogens (tertiary/aromatic N) is 1. The fraction of sp³-hybridized carbons (Fsp3) is 0.556. The molecule has 0 aromatic heterocycles. The second-order valence-electron chi connectivity index (χ2n) is 6.48. The van der Waals surface area contributed by atoms with Crippen molar-refractivity contribution in [2.45, 2.75) is 51.2 Å². The van der Waals surface area contributed by atoms with Crippen LogP contribution in [0.15, 0.2) is 24.3 Å². The number of hydrogen-bond acceptors (Lipinski definition) is 3. The molecular weight excluding hydrogens is 292 g/mol. The van der Waals surface area contributed by atoms with Gasteiger partial charge in [-0.15, -0.1) is 0 Å². The Morgan fingerprint density at radius 2 is 2.09 bits per heavy atom. The molecular formula is C18H24N2O3. The third kappa shape index (κ3) is 3.91. The van der Waals surface area contributed by atoms with Crippen molar-refractivity contribution in [3.63, 3.8) is 0 Å². The van der Waals surface area contributed by atoms with Gasteiger partial charge < -0.3 is 15.0 Å². The van der Waals surface area contributed by atoms with Crippen LogP contribution in [0.1, 0.15) is 36.8 Å². The van der Waals surface area contributed by atoms with Gasteiger partial charge in [-0.05, 0) is 31.7 Å². The van der Waals surface area contributed by atoms with Crippen LogP contribution in [0.25, 0.3) is 0 Å². The fourth-order valence-electron chi connectivity index (χ4n) is 3.25. The lowest BCUT2D eigenvalue weighted by Crippen LogP contribution is -2.49. The van der Waals surface area contributed by atoms with Crippen molar-refractivity contribution in [1.29, 1.82) is 0 Å². The van der Waals surface area contributed by atoms with E-state index in [1.54, 1.807) is 4.90 Å². The summed E-state index contributed by atoms with van der Waals surface area (Å²) in [6.45, 7) is 3.88. The third-order valence-electron chi connectivity index (χ3n) is 4.61. The molecule has 0 saturated carbocycles. The first-order valence-corrected chi connectivity index (χ1v) is 8.36. The summed E-state index contributed by atoms with van der Waals surface area (Å²) in [5.74, 6) is 0.0177. The summed E-state index contributed by atoms with van der Waals surface area (Å²) >= 11 is 0. The molecule has 2 atom stereocenters. The van der Waals surface area contributed by atoms with Crippen LogP contribution >= 0.6 is 0 Å². The lowest BCUT2D eigenvalue weighted by molar-refractivity contribution is -0.136. The maximum Gasteiger partial charge on any atom is 0.243 e. The van der Waals surface area contributed by atoms with Gasteiger partial charge in [0.1, 0.15) is 6.04 Å². The SMILES string of the molecule is Cc1ccc(CN2C(=O)CC[C@H]2C(=O)N[C@@H]2CCCOC2)cc1. The van der Waals surface area contributed by atoms with Gasteiger partial charge in [0.15, 0.2) is 0 Å². The normalized spacial score (nSPS) is 24.7. The summed E-state index contributed by atoms with van der Waals surface area (Å²) in [6, 6.07) is 7.82. The second kappa shape index (κ2) is 7.13. The van der Waals surface area contributed by atoms with Crippen molar-refractivity contribution in [2.24, 2.45) is 0 Å². The number of aryl methyl sites for hydroxylation is 1. The zero-order valence-corrected chi connectivity index (χ0v) is 13.6. The molecule has 2 heterocycles. The largest absolute Gasteiger partial charge is 0.379 e. The van der Waals surface area contributed by atoms with Crippen LogP contribution in [0.2, 0.25) is 0 Å². The number of nitrogens with one attached hydrogen (secondary N) is 1. The van der Waals surface area contributed by atoms with E-state index in [1.807, 2.05) is 31.2 Å². The number of amides is 2. The predicted molar refractivity (Wildman–Crippen MR) is 86.7 cm³/mol. The van der Waals surface area contributed by atoms with Crippen LogP contribution in [0.3, 0.4) is 0 Å². The molecule has 2 fully saturated rings. The van der Waals surface area contributed by atoms with E-state index < -0.39 is 0 Å². The van der Waals surface area contributed by atoms with Crippen molar-refractivity contribution < 1.29 is 14.3 Å². The summed E-state index contributed by atoms with van der Waals surface area (Å²) in [5, 5.41) is 3.05. The first-order chi connectivity index (χ1) is 11.1. The molecule has 23 heavy (non-hydrogen) atoms. The molecule has 2 aliphatic heterocycles. The summed E-state index contributed by atoms with van der Waals surface area (Å²) in [7, 11) is 0. The van der Waals surface area contributed by atoms with Crippen molar-refractivity contribution >= 4 is 11.8 Å². The van der Waals surface area contributed by atoms with E-state index in [4.69, 9.17) is 4.74 Å². The van der Waals surface area contributed by atoms with E-state index in [0.717, 1.165) is 25.0 Å². The van der Waals surface area contributed by atoms with E-state index in [-0.39, 0.29) is 23.9 Å². The van der Waals surface area contributed by atoms with Gasteiger partial charge in [0.25, 0.3) is 0 Å². The molecule has 5 nitrogen and oxygen atoms in total. The predicted octanol–water partition coefficient (Wildman–Crippen LogP) is 1.78. The van der Waals surface area contributed by atoms with Crippen molar-refractivity contribution in [3.8, 4) is 0 Å². The van der Waals surface area contributed by atoms with Crippen molar-refractivity contribution in [2.75, 3.05) is 13.2 Å². The van der Waals surface area contributed by atoms with Gasteiger partial charge >= 0.3 is 0 Å². The molecule has 3 rings (SSSR count). The number of ether oxygens (including phenoxy) is 1.